The Labute approximate surface area is 161 Å². The van der Waals surface area contributed by atoms with E-state index in [2.05, 4.69) is 26.1 Å². The summed E-state index contributed by atoms with van der Waals surface area (Å²) in [4.78, 5) is 19.4. The maximum Gasteiger partial charge on any atom is 0.251 e. The molecule has 0 aliphatic carbocycles. The van der Waals surface area contributed by atoms with Crippen molar-refractivity contribution in [3.63, 3.8) is 0 Å². The summed E-state index contributed by atoms with van der Waals surface area (Å²) in [5, 5.41) is 10.5. The number of aryl methyl sites for hydroxylation is 1. The van der Waals surface area contributed by atoms with Crippen LogP contribution in [0.1, 0.15) is 28.0 Å². The van der Waals surface area contributed by atoms with Crippen LogP contribution >= 0.6 is 11.3 Å². The second-order valence-corrected chi connectivity index (χ2v) is 8.83. The molecule has 0 saturated carbocycles. The van der Waals surface area contributed by atoms with Gasteiger partial charge < -0.3 is 4.57 Å². The summed E-state index contributed by atoms with van der Waals surface area (Å²) >= 11 is 1.67. The van der Waals surface area contributed by atoms with Gasteiger partial charge in [0.1, 0.15) is 10.0 Å². The van der Waals surface area contributed by atoms with Crippen LogP contribution in [0.15, 0.2) is 41.5 Å². The summed E-state index contributed by atoms with van der Waals surface area (Å²) in [5.41, 5.74) is 3.23. The van der Waals surface area contributed by atoms with Crippen LogP contribution in [0, 0.1) is 12.8 Å². The number of nitrogens with zero attached hydrogens (tertiary/aromatic N) is 5. The fourth-order valence-electron chi connectivity index (χ4n) is 4.48. The molecular weight excluding hydrogens is 358 g/mol. The highest BCUT2D eigenvalue weighted by atomic mass is 32.1. The summed E-state index contributed by atoms with van der Waals surface area (Å²) in [7, 11) is 0. The van der Waals surface area contributed by atoms with Gasteiger partial charge in [-0.15, -0.1) is 21.5 Å². The Hall–Kier alpha value is -2.38. The third-order valence-electron chi connectivity index (χ3n) is 5.55. The summed E-state index contributed by atoms with van der Waals surface area (Å²) < 4.78 is 1.99. The molecule has 1 fully saturated rings. The van der Waals surface area contributed by atoms with Crippen molar-refractivity contribution in [2.45, 2.75) is 32.4 Å². The predicted octanol–water partition coefficient (Wildman–Crippen LogP) is 2.69. The van der Waals surface area contributed by atoms with Crippen LogP contribution in [-0.4, -0.2) is 37.7 Å². The first-order valence-corrected chi connectivity index (χ1v) is 10.1. The molecular formula is C20H21N5OS. The molecule has 0 spiro atoms. The number of piperidine rings is 1. The Kier molecular flexibility index (Phi) is 4.13. The van der Waals surface area contributed by atoms with Gasteiger partial charge in [0.05, 0.1) is 6.54 Å². The van der Waals surface area contributed by atoms with Crippen molar-refractivity contribution >= 4 is 11.3 Å². The van der Waals surface area contributed by atoms with Gasteiger partial charge in [0.25, 0.3) is 5.56 Å². The third-order valence-corrected chi connectivity index (χ3v) is 6.38. The zero-order valence-electron chi connectivity index (χ0n) is 15.2. The standard InChI is InChI=1S/C20H21N5OS/c1-13-22-23-19(27-13)12-24-9-14-5-17(11-24)18-6-16(7-20(26)25(18)10-14)15-3-2-4-21-8-15/h2-4,6-8,14,17H,5,9-12H2,1H3/t14-,17+/m0/s1. The Balaban J connectivity index is 1.46. The first kappa shape index (κ1) is 16.8. The van der Waals surface area contributed by atoms with Gasteiger partial charge in [-0.05, 0) is 37.0 Å². The van der Waals surface area contributed by atoms with E-state index in [1.54, 1.807) is 23.6 Å². The molecule has 2 bridgehead atoms. The highest BCUT2D eigenvalue weighted by Gasteiger charge is 2.35. The molecule has 7 heteroatoms. The molecule has 2 aliphatic rings. The molecule has 5 heterocycles. The van der Waals surface area contributed by atoms with Crippen molar-refractivity contribution in [3.05, 3.63) is 62.7 Å². The van der Waals surface area contributed by atoms with Crippen LogP contribution in [0.2, 0.25) is 0 Å². The summed E-state index contributed by atoms with van der Waals surface area (Å²) in [6.07, 6.45) is 4.73. The van der Waals surface area contributed by atoms with Gasteiger partial charge in [0.15, 0.2) is 0 Å². The smallest absolute Gasteiger partial charge is 0.251 e. The Morgan fingerprint density at radius 3 is 2.89 bits per heavy atom. The molecule has 3 aromatic rings. The molecule has 0 amide bonds. The molecule has 3 aromatic heterocycles. The van der Waals surface area contributed by atoms with Gasteiger partial charge in [0, 0.05) is 55.3 Å². The van der Waals surface area contributed by atoms with E-state index in [1.807, 2.05) is 29.8 Å². The highest BCUT2D eigenvalue weighted by Crippen LogP contribution is 2.37. The number of hydrogen-bond donors (Lipinski definition) is 0. The van der Waals surface area contributed by atoms with Gasteiger partial charge in [-0.2, -0.15) is 0 Å². The zero-order valence-corrected chi connectivity index (χ0v) is 16.0. The summed E-state index contributed by atoms with van der Waals surface area (Å²) in [5.74, 6) is 0.906. The molecule has 0 unspecified atom stereocenters. The van der Waals surface area contributed by atoms with Gasteiger partial charge >= 0.3 is 0 Å². The van der Waals surface area contributed by atoms with E-state index in [0.717, 1.165) is 59.4 Å². The average molecular weight is 379 g/mol. The lowest BCUT2D eigenvalue weighted by Gasteiger charge is -2.42. The highest BCUT2D eigenvalue weighted by molar-refractivity contribution is 7.11. The number of aromatic nitrogens is 4. The Bertz CT molecular complexity index is 1030. The van der Waals surface area contributed by atoms with Gasteiger partial charge in [0.2, 0.25) is 0 Å². The Morgan fingerprint density at radius 1 is 1.19 bits per heavy atom. The maximum absolute atomic E-state index is 12.8. The largest absolute Gasteiger partial charge is 0.312 e. The fraction of sp³-hybridized carbons (Fsp3) is 0.400. The fourth-order valence-corrected chi connectivity index (χ4v) is 5.23. The molecule has 5 rings (SSSR count). The number of fused-ring (bicyclic) bond motifs is 4. The molecule has 0 radical (unpaired) electrons. The van der Waals surface area contributed by atoms with Gasteiger partial charge in [-0.3, -0.25) is 14.7 Å². The van der Waals surface area contributed by atoms with Crippen LogP contribution < -0.4 is 5.56 Å². The predicted molar refractivity (Wildman–Crippen MR) is 105 cm³/mol. The minimum atomic E-state index is 0.106. The summed E-state index contributed by atoms with van der Waals surface area (Å²) in [6, 6.07) is 7.87. The third kappa shape index (κ3) is 3.21. The molecule has 2 atom stereocenters. The van der Waals surface area contributed by atoms with E-state index in [0.29, 0.717) is 11.8 Å². The number of pyridine rings is 2. The van der Waals surface area contributed by atoms with Crippen molar-refractivity contribution in [3.8, 4) is 11.1 Å². The van der Waals surface area contributed by atoms with Crippen molar-refractivity contribution in [1.29, 1.82) is 0 Å². The normalized spacial score (nSPS) is 21.8. The molecule has 0 aromatic carbocycles. The van der Waals surface area contributed by atoms with Crippen LogP contribution in [0.4, 0.5) is 0 Å². The van der Waals surface area contributed by atoms with Crippen molar-refractivity contribution < 1.29 is 0 Å². The lowest BCUT2D eigenvalue weighted by Crippen LogP contribution is -2.46. The van der Waals surface area contributed by atoms with Gasteiger partial charge in [-0.25, -0.2) is 0 Å². The SMILES string of the molecule is Cc1nnc(CN2C[C@@H]3C[C@H](C2)c2cc(-c4cccnc4)cc(=O)n2C3)s1. The zero-order chi connectivity index (χ0) is 18.4. The van der Waals surface area contributed by atoms with E-state index < -0.39 is 0 Å². The van der Waals surface area contributed by atoms with Crippen molar-refractivity contribution in [2.24, 2.45) is 5.92 Å². The molecule has 138 valence electrons. The second kappa shape index (κ2) is 6.65. The van der Waals surface area contributed by atoms with E-state index in [-0.39, 0.29) is 5.56 Å². The van der Waals surface area contributed by atoms with E-state index in [9.17, 15) is 4.79 Å². The average Bonchev–Trinajstić information content (AvgIpc) is 3.08. The van der Waals surface area contributed by atoms with Crippen LogP contribution in [0.5, 0.6) is 0 Å². The molecule has 6 nitrogen and oxygen atoms in total. The molecule has 27 heavy (non-hydrogen) atoms. The molecule has 2 aliphatic heterocycles. The number of rotatable bonds is 3. The van der Waals surface area contributed by atoms with Crippen LogP contribution in [-0.2, 0) is 13.1 Å². The van der Waals surface area contributed by atoms with E-state index in [1.165, 1.54) is 0 Å². The first-order valence-electron chi connectivity index (χ1n) is 9.32. The first-order chi connectivity index (χ1) is 13.2. The topological polar surface area (TPSA) is 63.9 Å². The molecule has 0 N–H and O–H groups in total. The van der Waals surface area contributed by atoms with Crippen LogP contribution in [0.3, 0.4) is 0 Å². The van der Waals surface area contributed by atoms with Gasteiger partial charge in [-0.1, -0.05) is 6.07 Å². The second-order valence-electron chi connectivity index (χ2n) is 7.57. The minimum Gasteiger partial charge on any atom is -0.312 e. The minimum absolute atomic E-state index is 0.106. The molecule has 1 saturated heterocycles. The van der Waals surface area contributed by atoms with E-state index >= 15 is 0 Å². The van der Waals surface area contributed by atoms with Crippen molar-refractivity contribution in [1.82, 2.24) is 24.6 Å². The quantitative estimate of drug-likeness (QED) is 0.700. The monoisotopic (exact) mass is 379 g/mol. The van der Waals surface area contributed by atoms with E-state index in [4.69, 9.17) is 0 Å². The Morgan fingerprint density at radius 2 is 2.11 bits per heavy atom. The summed E-state index contributed by atoms with van der Waals surface area (Å²) in [6.45, 7) is 5.64. The lowest BCUT2D eigenvalue weighted by atomic mass is 9.82. The van der Waals surface area contributed by atoms with Crippen molar-refractivity contribution in [2.75, 3.05) is 13.1 Å². The number of hydrogen-bond acceptors (Lipinski definition) is 6. The lowest BCUT2D eigenvalue weighted by molar-refractivity contribution is 0.114. The maximum atomic E-state index is 12.8. The van der Waals surface area contributed by atoms with Crippen LogP contribution in [0.25, 0.3) is 11.1 Å². The number of likely N-dealkylation sites (tertiary alicyclic amines) is 1.